The molecule has 1 rings (SSSR count). The van der Waals surface area contributed by atoms with Gasteiger partial charge in [-0.1, -0.05) is 0 Å². The van der Waals surface area contributed by atoms with Gasteiger partial charge < -0.3 is 10.1 Å². The van der Waals surface area contributed by atoms with Crippen molar-refractivity contribution < 1.29 is 14.3 Å². The standard InChI is InChI=1S/C11H16N2O3S/c1-7(2)16-10(15)5-4-9(14)13-11-12-6-8(3)17-11/h6-7H,4-5H2,1-3H3,(H,12,13,14). The zero-order valence-electron chi connectivity index (χ0n) is 10.1. The predicted molar refractivity (Wildman–Crippen MR) is 65.9 cm³/mol. The molecular weight excluding hydrogens is 240 g/mol. The number of thiazole rings is 1. The minimum absolute atomic E-state index is 0.0916. The first-order chi connectivity index (χ1) is 7.97. The van der Waals surface area contributed by atoms with Crippen molar-refractivity contribution in [1.82, 2.24) is 4.98 Å². The summed E-state index contributed by atoms with van der Waals surface area (Å²) in [6, 6.07) is 0. The molecule has 1 heterocycles. The van der Waals surface area contributed by atoms with Crippen LogP contribution in [0.4, 0.5) is 5.13 Å². The highest BCUT2D eigenvalue weighted by Crippen LogP contribution is 2.16. The van der Waals surface area contributed by atoms with Gasteiger partial charge in [0, 0.05) is 17.5 Å². The minimum atomic E-state index is -0.356. The number of aromatic nitrogens is 1. The fourth-order valence-corrected chi connectivity index (χ4v) is 1.81. The topological polar surface area (TPSA) is 68.3 Å². The molecule has 0 radical (unpaired) electrons. The molecule has 1 N–H and O–H groups in total. The molecule has 0 aliphatic carbocycles. The highest BCUT2D eigenvalue weighted by atomic mass is 32.1. The highest BCUT2D eigenvalue weighted by Gasteiger charge is 2.10. The van der Waals surface area contributed by atoms with Gasteiger partial charge in [0.15, 0.2) is 5.13 Å². The second kappa shape index (κ2) is 6.34. The van der Waals surface area contributed by atoms with Crippen molar-refractivity contribution in [1.29, 1.82) is 0 Å². The molecule has 94 valence electrons. The Labute approximate surface area is 104 Å². The molecule has 0 spiro atoms. The Balaban J connectivity index is 2.28. The number of nitrogens with one attached hydrogen (secondary N) is 1. The Morgan fingerprint density at radius 3 is 2.71 bits per heavy atom. The molecule has 0 aliphatic heterocycles. The lowest BCUT2D eigenvalue weighted by Gasteiger charge is -2.07. The molecule has 1 aromatic heterocycles. The Hall–Kier alpha value is -1.43. The smallest absolute Gasteiger partial charge is 0.306 e. The second-order valence-electron chi connectivity index (χ2n) is 3.86. The molecule has 0 aromatic carbocycles. The van der Waals surface area contributed by atoms with E-state index in [-0.39, 0.29) is 30.8 Å². The van der Waals surface area contributed by atoms with E-state index in [1.807, 2.05) is 6.92 Å². The van der Waals surface area contributed by atoms with Gasteiger partial charge in [0.25, 0.3) is 0 Å². The first-order valence-electron chi connectivity index (χ1n) is 5.39. The van der Waals surface area contributed by atoms with Crippen LogP contribution in [0.1, 0.15) is 31.6 Å². The molecule has 1 aromatic rings. The van der Waals surface area contributed by atoms with E-state index in [1.165, 1.54) is 11.3 Å². The molecule has 0 bridgehead atoms. The molecule has 5 nitrogen and oxygen atoms in total. The maximum absolute atomic E-state index is 11.5. The van der Waals surface area contributed by atoms with Crippen LogP contribution in [-0.4, -0.2) is 23.0 Å². The second-order valence-corrected chi connectivity index (χ2v) is 5.10. The number of rotatable bonds is 5. The van der Waals surface area contributed by atoms with Crippen molar-refractivity contribution in [3.05, 3.63) is 11.1 Å². The van der Waals surface area contributed by atoms with Crippen molar-refractivity contribution in [3.8, 4) is 0 Å². The van der Waals surface area contributed by atoms with Crippen LogP contribution in [-0.2, 0) is 14.3 Å². The number of hydrogen-bond donors (Lipinski definition) is 1. The van der Waals surface area contributed by atoms with Crippen molar-refractivity contribution in [3.63, 3.8) is 0 Å². The van der Waals surface area contributed by atoms with Crippen molar-refractivity contribution in [2.24, 2.45) is 0 Å². The Morgan fingerprint density at radius 2 is 2.18 bits per heavy atom. The van der Waals surface area contributed by atoms with E-state index < -0.39 is 0 Å². The molecule has 0 aliphatic rings. The summed E-state index contributed by atoms with van der Waals surface area (Å²) in [4.78, 5) is 27.7. The monoisotopic (exact) mass is 256 g/mol. The summed E-state index contributed by atoms with van der Waals surface area (Å²) < 4.78 is 4.92. The minimum Gasteiger partial charge on any atom is -0.463 e. The Morgan fingerprint density at radius 1 is 1.47 bits per heavy atom. The third kappa shape index (κ3) is 5.44. The number of hydrogen-bond acceptors (Lipinski definition) is 5. The number of carbonyl (C=O) groups is 2. The lowest BCUT2D eigenvalue weighted by Crippen LogP contribution is -2.16. The molecule has 0 saturated carbocycles. The first kappa shape index (κ1) is 13.6. The largest absolute Gasteiger partial charge is 0.463 e. The van der Waals surface area contributed by atoms with E-state index in [2.05, 4.69) is 10.3 Å². The van der Waals surface area contributed by atoms with Crippen molar-refractivity contribution in [2.75, 3.05) is 5.32 Å². The molecule has 0 atom stereocenters. The number of aryl methyl sites for hydroxylation is 1. The van der Waals surface area contributed by atoms with Gasteiger partial charge in [-0.25, -0.2) is 4.98 Å². The SMILES string of the molecule is Cc1cnc(NC(=O)CCC(=O)OC(C)C)s1. The van der Waals surface area contributed by atoms with Crippen LogP contribution in [0.25, 0.3) is 0 Å². The summed E-state index contributed by atoms with van der Waals surface area (Å²) in [6.07, 6.45) is 1.75. The van der Waals surface area contributed by atoms with Gasteiger partial charge in [0.2, 0.25) is 5.91 Å². The third-order valence-corrected chi connectivity index (χ3v) is 2.62. The number of amides is 1. The van der Waals surface area contributed by atoms with E-state index in [9.17, 15) is 9.59 Å². The first-order valence-corrected chi connectivity index (χ1v) is 6.21. The van der Waals surface area contributed by atoms with E-state index in [0.717, 1.165) is 4.88 Å². The maximum atomic E-state index is 11.5. The van der Waals surface area contributed by atoms with Crippen LogP contribution in [0.2, 0.25) is 0 Å². The van der Waals surface area contributed by atoms with Crippen LogP contribution < -0.4 is 5.32 Å². The summed E-state index contributed by atoms with van der Waals surface area (Å²) in [5, 5.41) is 3.19. The molecule has 1 amide bonds. The molecule has 0 saturated heterocycles. The zero-order chi connectivity index (χ0) is 12.8. The molecular formula is C11H16N2O3S. The van der Waals surface area contributed by atoms with Crippen molar-refractivity contribution in [2.45, 2.75) is 39.7 Å². The van der Waals surface area contributed by atoms with Gasteiger partial charge in [-0.3, -0.25) is 9.59 Å². The van der Waals surface area contributed by atoms with Gasteiger partial charge >= 0.3 is 5.97 Å². The van der Waals surface area contributed by atoms with E-state index in [1.54, 1.807) is 20.0 Å². The van der Waals surface area contributed by atoms with Crippen molar-refractivity contribution >= 4 is 28.3 Å². The van der Waals surface area contributed by atoms with Gasteiger partial charge in [0.1, 0.15) is 0 Å². The van der Waals surface area contributed by atoms with Gasteiger partial charge in [-0.2, -0.15) is 0 Å². The third-order valence-electron chi connectivity index (χ3n) is 1.79. The van der Waals surface area contributed by atoms with E-state index in [0.29, 0.717) is 5.13 Å². The highest BCUT2D eigenvalue weighted by molar-refractivity contribution is 7.15. The quantitative estimate of drug-likeness (QED) is 0.819. The van der Waals surface area contributed by atoms with E-state index in [4.69, 9.17) is 4.74 Å². The zero-order valence-corrected chi connectivity index (χ0v) is 11.0. The van der Waals surface area contributed by atoms with Crippen LogP contribution in [0.3, 0.4) is 0 Å². The van der Waals surface area contributed by atoms with Gasteiger partial charge in [0.05, 0.1) is 12.5 Å². The lowest BCUT2D eigenvalue weighted by atomic mass is 10.3. The predicted octanol–water partition coefficient (Wildman–Crippen LogP) is 2.12. The van der Waals surface area contributed by atoms with Crippen LogP contribution in [0.5, 0.6) is 0 Å². The Bertz CT molecular complexity index is 401. The summed E-state index contributed by atoms with van der Waals surface area (Å²) in [6.45, 7) is 5.46. The Kier molecular flexibility index (Phi) is 5.09. The number of nitrogens with zero attached hydrogens (tertiary/aromatic N) is 1. The van der Waals surface area contributed by atoms with Gasteiger partial charge in [-0.05, 0) is 20.8 Å². The van der Waals surface area contributed by atoms with E-state index >= 15 is 0 Å². The molecule has 6 heteroatoms. The fraction of sp³-hybridized carbons (Fsp3) is 0.545. The fourth-order valence-electron chi connectivity index (χ4n) is 1.13. The lowest BCUT2D eigenvalue weighted by molar-refractivity contribution is -0.148. The maximum Gasteiger partial charge on any atom is 0.306 e. The van der Waals surface area contributed by atoms with Crippen LogP contribution in [0.15, 0.2) is 6.20 Å². The molecule has 17 heavy (non-hydrogen) atoms. The van der Waals surface area contributed by atoms with Crippen LogP contribution >= 0.6 is 11.3 Å². The van der Waals surface area contributed by atoms with Gasteiger partial charge in [-0.15, -0.1) is 11.3 Å². The molecule has 0 fully saturated rings. The number of carbonyl (C=O) groups excluding carboxylic acids is 2. The summed E-state index contributed by atoms with van der Waals surface area (Å²) in [5.74, 6) is -0.578. The average Bonchev–Trinajstić information content (AvgIpc) is 2.60. The number of anilines is 1. The summed E-state index contributed by atoms with van der Waals surface area (Å²) in [5.41, 5.74) is 0. The normalized spacial score (nSPS) is 10.4. The number of ether oxygens (including phenoxy) is 1. The molecule has 0 unspecified atom stereocenters. The number of esters is 1. The summed E-state index contributed by atoms with van der Waals surface area (Å²) >= 11 is 1.40. The van der Waals surface area contributed by atoms with Crippen LogP contribution in [0, 0.1) is 6.92 Å². The average molecular weight is 256 g/mol. The summed E-state index contributed by atoms with van der Waals surface area (Å²) in [7, 11) is 0.